The highest BCUT2D eigenvalue weighted by molar-refractivity contribution is 6.17. The standard InChI is InChI=1S/C17H18ClNO/c18-13-5-4-8-17(20)19-16-11-9-15(10-12-16)14-6-2-1-3-7-14/h1-3,6-7,9-12H,4-5,8,13H2,(H,19,20). The topological polar surface area (TPSA) is 29.1 Å². The number of nitrogens with one attached hydrogen (secondary N) is 1. The molecule has 0 heterocycles. The summed E-state index contributed by atoms with van der Waals surface area (Å²) in [6.45, 7) is 0. The van der Waals surface area contributed by atoms with Gasteiger partial charge >= 0.3 is 0 Å². The molecule has 0 spiro atoms. The molecule has 2 aromatic rings. The second-order valence-corrected chi connectivity index (χ2v) is 5.02. The molecule has 2 nitrogen and oxygen atoms in total. The first-order chi connectivity index (χ1) is 9.79. The number of carbonyl (C=O) groups is 1. The second kappa shape index (κ2) is 7.71. The van der Waals surface area contributed by atoms with Gasteiger partial charge in [0, 0.05) is 18.0 Å². The van der Waals surface area contributed by atoms with Gasteiger partial charge in [0.15, 0.2) is 0 Å². The number of hydrogen-bond acceptors (Lipinski definition) is 1. The highest BCUT2D eigenvalue weighted by Gasteiger charge is 2.02. The van der Waals surface area contributed by atoms with Crippen LogP contribution in [-0.2, 0) is 4.79 Å². The zero-order valence-corrected chi connectivity index (χ0v) is 12.1. The van der Waals surface area contributed by atoms with Crippen LogP contribution in [0.1, 0.15) is 19.3 Å². The third-order valence-electron chi connectivity index (χ3n) is 3.06. The minimum atomic E-state index is 0.0441. The molecule has 0 saturated carbocycles. The van der Waals surface area contributed by atoms with E-state index in [4.69, 9.17) is 11.6 Å². The molecule has 1 amide bonds. The minimum absolute atomic E-state index is 0.0441. The van der Waals surface area contributed by atoms with E-state index in [1.54, 1.807) is 0 Å². The van der Waals surface area contributed by atoms with Crippen molar-refractivity contribution in [2.45, 2.75) is 19.3 Å². The van der Waals surface area contributed by atoms with Gasteiger partial charge in [0.25, 0.3) is 0 Å². The molecule has 104 valence electrons. The number of hydrogen-bond donors (Lipinski definition) is 1. The number of rotatable bonds is 6. The van der Waals surface area contributed by atoms with E-state index in [1.165, 1.54) is 5.56 Å². The molecule has 0 atom stereocenters. The zero-order chi connectivity index (χ0) is 14.2. The van der Waals surface area contributed by atoms with Crippen molar-refractivity contribution in [1.82, 2.24) is 0 Å². The van der Waals surface area contributed by atoms with Gasteiger partial charge in [-0.25, -0.2) is 0 Å². The summed E-state index contributed by atoms with van der Waals surface area (Å²) in [5, 5.41) is 2.90. The molecule has 0 unspecified atom stereocenters. The molecule has 3 heteroatoms. The van der Waals surface area contributed by atoms with Crippen molar-refractivity contribution in [3.63, 3.8) is 0 Å². The summed E-state index contributed by atoms with van der Waals surface area (Å²) in [6, 6.07) is 18.1. The van der Waals surface area contributed by atoms with Crippen molar-refractivity contribution in [2.24, 2.45) is 0 Å². The summed E-state index contributed by atoms with van der Waals surface area (Å²) >= 11 is 5.59. The molecule has 0 aromatic heterocycles. The van der Waals surface area contributed by atoms with Crippen LogP contribution in [0.15, 0.2) is 54.6 Å². The molecule has 1 N–H and O–H groups in total. The van der Waals surface area contributed by atoms with E-state index >= 15 is 0 Å². The van der Waals surface area contributed by atoms with Crippen LogP contribution < -0.4 is 5.32 Å². The van der Waals surface area contributed by atoms with Crippen LogP contribution in [0, 0.1) is 0 Å². The summed E-state index contributed by atoms with van der Waals surface area (Å²) < 4.78 is 0. The minimum Gasteiger partial charge on any atom is -0.326 e. The van der Waals surface area contributed by atoms with Crippen molar-refractivity contribution in [3.8, 4) is 11.1 Å². The molecule has 0 bridgehead atoms. The van der Waals surface area contributed by atoms with Crippen molar-refractivity contribution >= 4 is 23.2 Å². The van der Waals surface area contributed by atoms with Crippen molar-refractivity contribution in [3.05, 3.63) is 54.6 Å². The Bertz CT molecular complexity index is 537. The number of halogens is 1. The van der Waals surface area contributed by atoms with Crippen LogP contribution in [0.4, 0.5) is 5.69 Å². The first-order valence-electron chi connectivity index (χ1n) is 6.81. The Labute approximate surface area is 124 Å². The Hall–Kier alpha value is -1.80. The maximum absolute atomic E-state index is 11.7. The summed E-state index contributed by atoms with van der Waals surface area (Å²) in [5.74, 6) is 0.654. The van der Waals surface area contributed by atoms with Crippen LogP contribution in [0.25, 0.3) is 11.1 Å². The van der Waals surface area contributed by atoms with Crippen LogP contribution in [0.3, 0.4) is 0 Å². The van der Waals surface area contributed by atoms with Crippen molar-refractivity contribution < 1.29 is 4.79 Å². The predicted octanol–water partition coefficient (Wildman–Crippen LogP) is 4.70. The fraction of sp³-hybridized carbons (Fsp3) is 0.235. The molecule has 0 fully saturated rings. The number of carbonyl (C=O) groups excluding carboxylic acids is 1. The van der Waals surface area contributed by atoms with E-state index in [-0.39, 0.29) is 5.91 Å². The molecule has 0 saturated heterocycles. The summed E-state index contributed by atoms with van der Waals surface area (Å²) in [4.78, 5) is 11.7. The average Bonchev–Trinajstić information content (AvgIpc) is 2.49. The molecule has 2 rings (SSSR count). The second-order valence-electron chi connectivity index (χ2n) is 4.64. The largest absolute Gasteiger partial charge is 0.326 e. The fourth-order valence-electron chi connectivity index (χ4n) is 1.98. The first kappa shape index (κ1) is 14.6. The highest BCUT2D eigenvalue weighted by Crippen LogP contribution is 2.21. The van der Waals surface area contributed by atoms with Gasteiger partial charge in [0.1, 0.15) is 0 Å². The van der Waals surface area contributed by atoms with Crippen LogP contribution in [0.2, 0.25) is 0 Å². The normalized spacial score (nSPS) is 10.2. The third-order valence-corrected chi connectivity index (χ3v) is 3.33. The van der Waals surface area contributed by atoms with E-state index in [0.29, 0.717) is 12.3 Å². The lowest BCUT2D eigenvalue weighted by molar-refractivity contribution is -0.116. The average molecular weight is 288 g/mol. The number of unbranched alkanes of at least 4 members (excludes halogenated alkanes) is 1. The number of anilines is 1. The Morgan fingerprint density at radius 2 is 1.55 bits per heavy atom. The maximum atomic E-state index is 11.7. The van der Waals surface area contributed by atoms with E-state index in [9.17, 15) is 4.79 Å². The Morgan fingerprint density at radius 1 is 0.900 bits per heavy atom. The monoisotopic (exact) mass is 287 g/mol. The summed E-state index contributed by atoms with van der Waals surface area (Å²) in [5.41, 5.74) is 3.15. The van der Waals surface area contributed by atoms with Crippen LogP contribution >= 0.6 is 11.6 Å². The van der Waals surface area contributed by atoms with Gasteiger partial charge in [-0.05, 0) is 36.1 Å². The van der Waals surface area contributed by atoms with E-state index in [2.05, 4.69) is 17.4 Å². The lowest BCUT2D eigenvalue weighted by atomic mass is 10.1. The van der Waals surface area contributed by atoms with E-state index in [1.807, 2.05) is 42.5 Å². The molecule has 0 aliphatic carbocycles. The lowest BCUT2D eigenvalue weighted by Gasteiger charge is -2.06. The van der Waals surface area contributed by atoms with E-state index in [0.717, 1.165) is 24.1 Å². The highest BCUT2D eigenvalue weighted by atomic mass is 35.5. The molecule has 20 heavy (non-hydrogen) atoms. The maximum Gasteiger partial charge on any atom is 0.224 e. The summed E-state index contributed by atoms with van der Waals surface area (Å²) in [7, 11) is 0. The Balaban J connectivity index is 1.93. The molecular weight excluding hydrogens is 270 g/mol. The quantitative estimate of drug-likeness (QED) is 0.605. The number of benzene rings is 2. The van der Waals surface area contributed by atoms with Crippen LogP contribution in [-0.4, -0.2) is 11.8 Å². The molecular formula is C17H18ClNO. The van der Waals surface area contributed by atoms with Gasteiger partial charge in [-0.15, -0.1) is 11.6 Å². The van der Waals surface area contributed by atoms with Gasteiger partial charge < -0.3 is 5.32 Å². The smallest absolute Gasteiger partial charge is 0.224 e. The summed E-state index contributed by atoms with van der Waals surface area (Å²) in [6.07, 6.45) is 2.23. The Morgan fingerprint density at radius 3 is 2.20 bits per heavy atom. The number of amides is 1. The van der Waals surface area contributed by atoms with Gasteiger partial charge in [-0.1, -0.05) is 42.5 Å². The fourth-order valence-corrected chi connectivity index (χ4v) is 2.17. The van der Waals surface area contributed by atoms with Crippen molar-refractivity contribution in [2.75, 3.05) is 11.2 Å². The van der Waals surface area contributed by atoms with Gasteiger partial charge in [0.2, 0.25) is 5.91 Å². The van der Waals surface area contributed by atoms with E-state index < -0.39 is 0 Å². The van der Waals surface area contributed by atoms with Crippen LogP contribution in [0.5, 0.6) is 0 Å². The predicted molar refractivity (Wildman–Crippen MR) is 85.1 cm³/mol. The zero-order valence-electron chi connectivity index (χ0n) is 11.3. The molecule has 0 radical (unpaired) electrons. The lowest BCUT2D eigenvalue weighted by Crippen LogP contribution is -2.10. The van der Waals surface area contributed by atoms with Gasteiger partial charge in [-0.2, -0.15) is 0 Å². The third kappa shape index (κ3) is 4.39. The SMILES string of the molecule is O=C(CCCCCl)Nc1ccc(-c2ccccc2)cc1. The van der Waals surface area contributed by atoms with Gasteiger partial charge in [0.05, 0.1) is 0 Å². The Kier molecular flexibility index (Phi) is 5.63. The first-order valence-corrected chi connectivity index (χ1v) is 7.34. The molecule has 0 aliphatic heterocycles. The molecule has 0 aliphatic rings. The van der Waals surface area contributed by atoms with Gasteiger partial charge in [-0.3, -0.25) is 4.79 Å². The van der Waals surface area contributed by atoms with Crippen molar-refractivity contribution in [1.29, 1.82) is 0 Å². The number of alkyl halides is 1. The molecule has 2 aromatic carbocycles.